The van der Waals surface area contributed by atoms with Gasteiger partial charge in [-0.05, 0) is 25.7 Å². The van der Waals surface area contributed by atoms with Crippen molar-refractivity contribution >= 4 is 12.0 Å². The molecule has 0 saturated carbocycles. The van der Waals surface area contributed by atoms with Crippen molar-refractivity contribution in [2.45, 2.75) is 52.5 Å². The molecule has 0 heterocycles. The average Bonchev–Trinajstić information content (AvgIpc) is 2.16. The lowest BCUT2D eigenvalue weighted by molar-refractivity contribution is -0.144. The van der Waals surface area contributed by atoms with E-state index in [1.54, 1.807) is 0 Å². The van der Waals surface area contributed by atoms with Crippen LogP contribution in [0.25, 0.3) is 0 Å². The van der Waals surface area contributed by atoms with Gasteiger partial charge in [0.25, 0.3) is 0 Å². The number of carboxylic acids is 1. The standard InChI is InChI=1S/C12H24N2O3/c1-5-7-12(4,10(15)16)14-11(17)13-8-6-9(2)3/h9H,5-8H2,1-4H3,(H,15,16)(H2,13,14,17). The first kappa shape index (κ1) is 15.7. The number of hydrogen-bond acceptors (Lipinski definition) is 2. The van der Waals surface area contributed by atoms with Crippen LogP contribution in [0.4, 0.5) is 4.79 Å². The molecule has 0 aromatic rings. The highest BCUT2D eigenvalue weighted by Crippen LogP contribution is 2.12. The first-order valence-corrected chi connectivity index (χ1v) is 6.11. The van der Waals surface area contributed by atoms with Crippen LogP contribution in [0.2, 0.25) is 0 Å². The zero-order chi connectivity index (χ0) is 13.5. The molecule has 3 N–H and O–H groups in total. The van der Waals surface area contributed by atoms with Crippen LogP contribution in [-0.2, 0) is 4.79 Å². The Kier molecular flexibility index (Phi) is 6.61. The van der Waals surface area contributed by atoms with Gasteiger partial charge in [-0.1, -0.05) is 27.2 Å². The second kappa shape index (κ2) is 7.14. The van der Waals surface area contributed by atoms with E-state index in [4.69, 9.17) is 5.11 Å². The Morgan fingerprint density at radius 1 is 1.35 bits per heavy atom. The summed E-state index contributed by atoms with van der Waals surface area (Å²) in [6.45, 7) is 8.11. The van der Waals surface area contributed by atoms with Gasteiger partial charge in [-0.3, -0.25) is 0 Å². The predicted molar refractivity (Wildman–Crippen MR) is 66.9 cm³/mol. The number of nitrogens with one attached hydrogen (secondary N) is 2. The molecule has 1 unspecified atom stereocenters. The third-order valence-corrected chi connectivity index (χ3v) is 2.62. The van der Waals surface area contributed by atoms with Crippen LogP contribution >= 0.6 is 0 Å². The summed E-state index contributed by atoms with van der Waals surface area (Å²) in [5.41, 5.74) is -1.18. The lowest BCUT2D eigenvalue weighted by Gasteiger charge is -2.25. The van der Waals surface area contributed by atoms with Crippen molar-refractivity contribution in [2.24, 2.45) is 5.92 Å². The Morgan fingerprint density at radius 2 is 1.94 bits per heavy atom. The normalized spacial score (nSPS) is 14.2. The van der Waals surface area contributed by atoms with Crippen LogP contribution in [0.3, 0.4) is 0 Å². The van der Waals surface area contributed by atoms with Gasteiger partial charge in [0, 0.05) is 6.54 Å². The molecule has 0 aromatic heterocycles. The van der Waals surface area contributed by atoms with Gasteiger partial charge in [0.1, 0.15) is 5.54 Å². The molecule has 0 spiro atoms. The van der Waals surface area contributed by atoms with Gasteiger partial charge in [-0.25, -0.2) is 9.59 Å². The zero-order valence-corrected chi connectivity index (χ0v) is 11.2. The molecule has 1 atom stereocenters. The van der Waals surface area contributed by atoms with E-state index in [0.717, 1.165) is 6.42 Å². The van der Waals surface area contributed by atoms with Crippen LogP contribution in [0.5, 0.6) is 0 Å². The highest BCUT2D eigenvalue weighted by molar-refractivity contribution is 5.85. The minimum atomic E-state index is -1.18. The average molecular weight is 244 g/mol. The monoisotopic (exact) mass is 244 g/mol. The number of carbonyl (C=O) groups is 2. The predicted octanol–water partition coefficient (Wildman–Crippen LogP) is 1.98. The topological polar surface area (TPSA) is 78.4 Å². The van der Waals surface area contributed by atoms with Gasteiger partial charge in [0.15, 0.2) is 0 Å². The molecule has 0 fully saturated rings. The fraction of sp³-hybridized carbons (Fsp3) is 0.833. The third kappa shape index (κ3) is 6.14. The Morgan fingerprint density at radius 3 is 2.35 bits per heavy atom. The van der Waals surface area contributed by atoms with E-state index in [0.29, 0.717) is 25.3 Å². The van der Waals surface area contributed by atoms with Crippen molar-refractivity contribution in [3.63, 3.8) is 0 Å². The van der Waals surface area contributed by atoms with E-state index in [2.05, 4.69) is 24.5 Å². The molecule has 100 valence electrons. The second-order valence-electron chi connectivity index (χ2n) is 4.95. The number of urea groups is 1. The van der Waals surface area contributed by atoms with Crippen molar-refractivity contribution < 1.29 is 14.7 Å². The van der Waals surface area contributed by atoms with Crippen molar-refractivity contribution in [3.8, 4) is 0 Å². The Bertz CT molecular complexity index is 266. The summed E-state index contributed by atoms with van der Waals surface area (Å²) in [5.74, 6) is -0.491. The number of amides is 2. The van der Waals surface area contributed by atoms with Gasteiger partial charge in [-0.15, -0.1) is 0 Å². The maximum absolute atomic E-state index is 11.5. The quantitative estimate of drug-likeness (QED) is 0.640. The van der Waals surface area contributed by atoms with Crippen molar-refractivity contribution in [3.05, 3.63) is 0 Å². The van der Waals surface area contributed by atoms with Crippen LogP contribution in [0, 0.1) is 5.92 Å². The number of aliphatic carboxylic acids is 1. The van der Waals surface area contributed by atoms with Gasteiger partial charge >= 0.3 is 12.0 Å². The van der Waals surface area contributed by atoms with Crippen molar-refractivity contribution in [1.82, 2.24) is 10.6 Å². The van der Waals surface area contributed by atoms with Crippen LogP contribution in [0.15, 0.2) is 0 Å². The molecule has 5 nitrogen and oxygen atoms in total. The molecule has 0 aliphatic carbocycles. The van der Waals surface area contributed by atoms with Gasteiger partial charge in [0.2, 0.25) is 0 Å². The molecule has 0 radical (unpaired) electrons. The lowest BCUT2D eigenvalue weighted by Crippen LogP contribution is -2.55. The summed E-state index contributed by atoms with van der Waals surface area (Å²) in [6, 6.07) is -0.413. The fourth-order valence-corrected chi connectivity index (χ4v) is 1.49. The minimum absolute atomic E-state index is 0.413. The first-order valence-electron chi connectivity index (χ1n) is 6.11. The van der Waals surface area contributed by atoms with Crippen molar-refractivity contribution in [2.75, 3.05) is 6.54 Å². The molecule has 0 rings (SSSR count). The molecule has 0 bridgehead atoms. The van der Waals surface area contributed by atoms with Crippen LogP contribution in [0.1, 0.15) is 47.0 Å². The first-order chi connectivity index (χ1) is 7.81. The van der Waals surface area contributed by atoms with Crippen LogP contribution < -0.4 is 10.6 Å². The van der Waals surface area contributed by atoms with E-state index < -0.39 is 17.5 Å². The van der Waals surface area contributed by atoms with Crippen LogP contribution in [-0.4, -0.2) is 29.2 Å². The second-order valence-corrected chi connectivity index (χ2v) is 4.95. The maximum Gasteiger partial charge on any atom is 0.329 e. The van der Waals surface area contributed by atoms with Crippen molar-refractivity contribution in [1.29, 1.82) is 0 Å². The van der Waals surface area contributed by atoms with E-state index in [1.165, 1.54) is 6.92 Å². The molecule has 0 saturated heterocycles. The molecular weight excluding hydrogens is 220 g/mol. The largest absolute Gasteiger partial charge is 0.480 e. The highest BCUT2D eigenvalue weighted by atomic mass is 16.4. The summed E-state index contributed by atoms with van der Waals surface area (Å²) >= 11 is 0. The van der Waals surface area contributed by atoms with Gasteiger partial charge < -0.3 is 15.7 Å². The number of hydrogen-bond donors (Lipinski definition) is 3. The SMILES string of the molecule is CCCC(C)(NC(=O)NCCC(C)C)C(=O)O. The molecule has 0 aliphatic rings. The summed E-state index contributed by atoms with van der Waals surface area (Å²) in [5, 5.41) is 14.3. The lowest BCUT2D eigenvalue weighted by atomic mass is 9.97. The summed E-state index contributed by atoms with van der Waals surface area (Å²) < 4.78 is 0. The Hall–Kier alpha value is -1.26. The fourth-order valence-electron chi connectivity index (χ4n) is 1.49. The summed E-state index contributed by atoms with van der Waals surface area (Å²) in [7, 11) is 0. The minimum Gasteiger partial charge on any atom is -0.480 e. The molecule has 2 amide bonds. The van der Waals surface area contributed by atoms with E-state index >= 15 is 0 Å². The van der Waals surface area contributed by atoms with E-state index in [1.807, 2.05) is 6.92 Å². The Balaban J connectivity index is 4.18. The highest BCUT2D eigenvalue weighted by Gasteiger charge is 2.33. The van der Waals surface area contributed by atoms with E-state index in [9.17, 15) is 9.59 Å². The number of carbonyl (C=O) groups excluding carboxylic acids is 1. The molecule has 17 heavy (non-hydrogen) atoms. The van der Waals surface area contributed by atoms with E-state index in [-0.39, 0.29) is 0 Å². The zero-order valence-electron chi connectivity index (χ0n) is 11.2. The number of carboxylic acid groups (broad SMARTS) is 1. The number of rotatable bonds is 7. The molecule has 0 aromatic carbocycles. The molecule has 5 heteroatoms. The molecular formula is C12H24N2O3. The van der Waals surface area contributed by atoms with Gasteiger partial charge in [-0.2, -0.15) is 0 Å². The van der Waals surface area contributed by atoms with Gasteiger partial charge in [0.05, 0.1) is 0 Å². The third-order valence-electron chi connectivity index (χ3n) is 2.62. The molecule has 0 aliphatic heterocycles. The Labute approximate surface area is 103 Å². The summed E-state index contributed by atoms with van der Waals surface area (Å²) in [6.07, 6.45) is 2.00. The maximum atomic E-state index is 11.5. The smallest absolute Gasteiger partial charge is 0.329 e. The summed E-state index contributed by atoms with van der Waals surface area (Å²) in [4.78, 5) is 22.6.